The van der Waals surface area contributed by atoms with Gasteiger partial charge in [0.15, 0.2) is 0 Å². The zero-order chi connectivity index (χ0) is 19.0. The third kappa shape index (κ3) is 3.51. The molecule has 2 aromatic heterocycles. The topological polar surface area (TPSA) is 120 Å². The summed E-state index contributed by atoms with van der Waals surface area (Å²) in [6, 6.07) is 11.9. The minimum Gasteiger partial charge on any atom is -0.367 e. The Bertz CT molecular complexity index is 1220. The molecule has 27 heavy (non-hydrogen) atoms. The number of nitrogens with two attached hydrogens (primary N) is 1. The van der Waals surface area contributed by atoms with E-state index in [4.69, 9.17) is 17.3 Å². The van der Waals surface area contributed by atoms with Gasteiger partial charge in [-0.05, 0) is 35.9 Å². The second-order valence-electron chi connectivity index (χ2n) is 5.60. The van der Waals surface area contributed by atoms with Crippen molar-refractivity contribution in [2.24, 2.45) is 0 Å². The number of anilines is 1. The van der Waals surface area contributed by atoms with Crippen LogP contribution in [0.4, 0.5) is 5.95 Å². The van der Waals surface area contributed by atoms with Gasteiger partial charge in [-0.1, -0.05) is 35.5 Å². The van der Waals surface area contributed by atoms with E-state index >= 15 is 0 Å². The van der Waals surface area contributed by atoms with Gasteiger partial charge in [0.1, 0.15) is 0 Å². The summed E-state index contributed by atoms with van der Waals surface area (Å²) in [6.45, 7) is 0. The number of nitrogen functional groups attached to an aromatic ring is 1. The zero-order valence-electron chi connectivity index (χ0n) is 13.7. The first-order valence-electron chi connectivity index (χ1n) is 7.72. The van der Waals surface area contributed by atoms with Crippen LogP contribution in [0.3, 0.4) is 0 Å². The van der Waals surface area contributed by atoms with Crippen molar-refractivity contribution in [1.29, 1.82) is 0 Å². The van der Waals surface area contributed by atoms with E-state index in [0.29, 0.717) is 21.8 Å². The molecule has 0 aliphatic rings. The second-order valence-corrected chi connectivity index (χ2v) is 8.74. The number of aromatic amines is 1. The quantitative estimate of drug-likeness (QED) is 0.476. The molecule has 0 spiro atoms. The number of rotatable bonds is 5. The number of imidazole rings is 1. The van der Waals surface area contributed by atoms with Gasteiger partial charge in [0.25, 0.3) is 10.0 Å². The van der Waals surface area contributed by atoms with Gasteiger partial charge in [-0.2, -0.15) is 13.4 Å². The molecule has 0 saturated heterocycles. The van der Waals surface area contributed by atoms with Crippen LogP contribution in [0.15, 0.2) is 58.8 Å². The number of H-pyrrole nitrogens is 1. The van der Waals surface area contributed by atoms with E-state index in [0.717, 1.165) is 9.65 Å². The summed E-state index contributed by atoms with van der Waals surface area (Å²) in [5.41, 5.74) is 8.08. The first-order chi connectivity index (χ1) is 12.9. The molecule has 0 amide bonds. The van der Waals surface area contributed by atoms with Crippen LogP contribution in [0.5, 0.6) is 0 Å². The van der Waals surface area contributed by atoms with Gasteiger partial charge in [0.2, 0.25) is 11.1 Å². The Kier molecular flexibility index (Phi) is 4.54. The molecule has 2 heterocycles. The highest BCUT2D eigenvalue weighted by atomic mass is 35.5. The minimum absolute atomic E-state index is 0.0464. The van der Waals surface area contributed by atoms with Gasteiger partial charge in [-0.3, -0.25) is 0 Å². The van der Waals surface area contributed by atoms with E-state index in [1.54, 1.807) is 18.2 Å². The SMILES string of the molecule is Nc1nc(SCc2ccc(Cl)cc2)nn1S(=O)(=O)c1ccc2nc[nH]c2c1. The van der Waals surface area contributed by atoms with Gasteiger partial charge in [-0.25, -0.2) is 4.98 Å². The summed E-state index contributed by atoms with van der Waals surface area (Å²) in [5.74, 6) is 0.360. The number of nitrogens with one attached hydrogen (secondary N) is 1. The Morgan fingerprint density at radius 2 is 1.96 bits per heavy atom. The number of hydrogen-bond acceptors (Lipinski definition) is 7. The molecule has 4 aromatic rings. The molecule has 3 N–H and O–H groups in total. The highest BCUT2D eigenvalue weighted by Crippen LogP contribution is 2.24. The summed E-state index contributed by atoms with van der Waals surface area (Å²) in [4.78, 5) is 11.1. The van der Waals surface area contributed by atoms with Crippen LogP contribution >= 0.6 is 23.4 Å². The van der Waals surface area contributed by atoms with Gasteiger partial charge < -0.3 is 10.7 Å². The average molecular weight is 421 g/mol. The van der Waals surface area contributed by atoms with Crippen molar-refractivity contribution < 1.29 is 8.42 Å². The van der Waals surface area contributed by atoms with Crippen LogP contribution in [-0.4, -0.2) is 32.6 Å². The van der Waals surface area contributed by atoms with Crippen molar-refractivity contribution >= 4 is 50.4 Å². The minimum atomic E-state index is -3.97. The van der Waals surface area contributed by atoms with Crippen LogP contribution in [-0.2, 0) is 15.8 Å². The van der Waals surface area contributed by atoms with Crippen molar-refractivity contribution in [3.05, 3.63) is 59.4 Å². The molecule has 0 aliphatic heterocycles. The van der Waals surface area contributed by atoms with E-state index in [1.165, 1.54) is 30.2 Å². The number of fused-ring (bicyclic) bond motifs is 1. The van der Waals surface area contributed by atoms with E-state index in [1.807, 2.05) is 12.1 Å². The third-order valence-corrected chi connectivity index (χ3v) is 6.52. The van der Waals surface area contributed by atoms with Crippen LogP contribution in [0.2, 0.25) is 5.02 Å². The molecule has 0 radical (unpaired) electrons. The maximum Gasteiger partial charge on any atom is 0.286 e. The van der Waals surface area contributed by atoms with Crippen LogP contribution < -0.4 is 5.73 Å². The summed E-state index contributed by atoms with van der Waals surface area (Å²) in [6.07, 6.45) is 1.50. The fourth-order valence-corrected chi connectivity index (χ4v) is 4.58. The Labute approximate surface area is 163 Å². The molecule has 0 aliphatic carbocycles. The van der Waals surface area contributed by atoms with Crippen molar-refractivity contribution in [3.63, 3.8) is 0 Å². The first-order valence-corrected chi connectivity index (χ1v) is 10.5. The number of benzene rings is 2. The van der Waals surface area contributed by atoms with Crippen LogP contribution in [0.25, 0.3) is 11.0 Å². The molecule has 0 unspecified atom stereocenters. The Hall–Kier alpha value is -2.56. The molecule has 2 aromatic carbocycles. The molecule has 4 rings (SSSR count). The van der Waals surface area contributed by atoms with Crippen LogP contribution in [0, 0.1) is 0 Å². The number of halogens is 1. The standard InChI is InChI=1S/C16H13ClN6O2S2/c17-11-3-1-10(2-4-11)8-26-16-21-15(18)23(22-16)27(24,25)12-5-6-13-14(7-12)20-9-19-13/h1-7,9H,8H2,(H,19,20)(H2,18,21,22). The Morgan fingerprint density at radius 3 is 2.74 bits per heavy atom. The van der Waals surface area contributed by atoms with E-state index < -0.39 is 10.0 Å². The predicted molar refractivity (Wildman–Crippen MR) is 104 cm³/mol. The summed E-state index contributed by atoms with van der Waals surface area (Å²) < 4.78 is 26.5. The van der Waals surface area contributed by atoms with Crippen molar-refractivity contribution in [2.75, 3.05) is 5.73 Å². The molecule has 8 nitrogen and oxygen atoms in total. The predicted octanol–water partition coefficient (Wildman–Crippen LogP) is 2.92. The van der Waals surface area contributed by atoms with Gasteiger partial charge in [0.05, 0.1) is 22.3 Å². The highest BCUT2D eigenvalue weighted by Gasteiger charge is 2.23. The lowest BCUT2D eigenvalue weighted by Crippen LogP contribution is -2.17. The molecular weight excluding hydrogens is 408 g/mol. The summed E-state index contributed by atoms with van der Waals surface area (Å²) >= 11 is 7.15. The van der Waals surface area contributed by atoms with Gasteiger partial charge in [0, 0.05) is 10.8 Å². The molecule has 0 atom stereocenters. The maximum atomic E-state index is 12.9. The number of hydrogen-bond donors (Lipinski definition) is 2. The third-order valence-electron chi connectivity index (χ3n) is 3.78. The number of aromatic nitrogens is 5. The smallest absolute Gasteiger partial charge is 0.286 e. The van der Waals surface area contributed by atoms with Crippen molar-refractivity contribution in [3.8, 4) is 0 Å². The lowest BCUT2D eigenvalue weighted by Gasteiger charge is -2.04. The van der Waals surface area contributed by atoms with E-state index in [-0.39, 0.29) is 16.0 Å². The summed E-state index contributed by atoms with van der Waals surface area (Å²) in [7, 11) is -3.97. The molecule has 0 saturated carbocycles. The van der Waals surface area contributed by atoms with Crippen molar-refractivity contribution in [1.82, 2.24) is 24.1 Å². The van der Waals surface area contributed by atoms with E-state index in [2.05, 4.69) is 20.1 Å². The highest BCUT2D eigenvalue weighted by molar-refractivity contribution is 7.98. The lowest BCUT2D eigenvalue weighted by molar-refractivity contribution is 0.579. The fraction of sp³-hybridized carbons (Fsp3) is 0.0625. The summed E-state index contributed by atoms with van der Waals surface area (Å²) in [5, 5.41) is 4.98. The Balaban J connectivity index is 1.60. The molecule has 0 bridgehead atoms. The maximum absolute atomic E-state index is 12.9. The second kappa shape index (κ2) is 6.87. The first kappa shape index (κ1) is 17.8. The monoisotopic (exact) mass is 420 g/mol. The lowest BCUT2D eigenvalue weighted by atomic mass is 10.2. The van der Waals surface area contributed by atoms with Crippen molar-refractivity contribution in [2.45, 2.75) is 15.8 Å². The number of thioether (sulfide) groups is 1. The van der Waals surface area contributed by atoms with Crippen LogP contribution in [0.1, 0.15) is 5.56 Å². The molecule has 0 fully saturated rings. The molecular formula is C16H13ClN6O2S2. The number of nitrogens with zero attached hydrogens (tertiary/aromatic N) is 4. The van der Waals surface area contributed by atoms with Gasteiger partial charge in [-0.15, -0.1) is 9.19 Å². The average Bonchev–Trinajstić information content (AvgIpc) is 3.27. The molecule has 138 valence electrons. The largest absolute Gasteiger partial charge is 0.367 e. The van der Waals surface area contributed by atoms with E-state index in [9.17, 15) is 8.42 Å². The Morgan fingerprint density at radius 1 is 1.19 bits per heavy atom. The van der Waals surface area contributed by atoms with Gasteiger partial charge >= 0.3 is 0 Å². The normalized spacial score (nSPS) is 11.9. The molecule has 11 heteroatoms. The zero-order valence-corrected chi connectivity index (χ0v) is 16.1. The fourth-order valence-electron chi connectivity index (χ4n) is 2.43.